The number of fused-ring (bicyclic) bond motifs is 1. The van der Waals surface area contributed by atoms with Gasteiger partial charge in [-0.25, -0.2) is 0 Å². The molecule has 2 aliphatic heterocycles. The van der Waals surface area contributed by atoms with Crippen LogP contribution in [0.4, 0.5) is 0 Å². The number of carbonyl (C=O) groups excluding carboxylic acids is 1. The van der Waals surface area contributed by atoms with Crippen molar-refractivity contribution in [2.45, 2.75) is 38.8 Å². The Morgan fingerprint density at radius 3 is 2.55 bits per heavy atom. The van der Waals surface area contributed by atoms with Gasteiger partial charge in [0.15, 0.2) is 0 Å². The second kappa shape index (κ2) is 9.31. The van der Waals surface area contributed by atoms with E-state index in [-0.39, 0.29) is 5.91 Å². The van der Waals surface area contributed by atoms with Crippen LogP contribution in [0.15, 0.2) is 42.5 Å². The molecule has 2 heterocycles. The van der Waals surface area contributed by atoms with E-state index < -0.39 is 0 Å². The Kier molecular flexibility index (Phi) is 6.35. The molecule has 0 atom stereocenters. The van der Waals surface area contributed by atoms with Crippen LogP contribution in [-0.2, 0) is 24.3 Å². The Morgan fingerprint density at radius 2 is 1.79 bits per heavy atom. The molecule has 0 bridgehead atoms. The molecule has 0 aromatic heterocycles. The van der Waals surface area contributed by atoms with Crippen LogP contribution in [0, 0.1) is 0 Å². The van der Waals surface area contributed by atoms with Crippen molar-refractivity contribution in [2.75, 3.05) is 33.4 Å². The summed E-state index contributed by atoms with van der Waals surface area (Å²) in [6, 6.07) is 14.4. The molecular formula is C24H30N2O3. The van der Waals surface area contributed by atoms with Crippen LogP contribution >= 0.6 is 0 Å². The number of amides is 1. The lowest BCUT2D eigenvalue weighted by Crippen LogP contribution is -2.32. The van der Waals surface area contributed by atoms with E-state index in [0.29, 0.717) is 26.1 Å². The fraction of sp³-hybridized carbons (Fsp3) is 0.458. The molecule has 0 aliphatic carbocycles. The number of hydrogen-bond acceptors (Lipinski definition) is 4. The molecule has 0 spiro atoms. The van der Waals surface area contributed by atoms with Crippen molar-refractivity contribution in [3.8, 4) is 11.5 Å². The third kappa shape index (κ3) is 5.10. The quantitative estimate of drug-likeness (QED) is 0.750. The maximum absolute atomic E-state index is 12.9. The van der Waals surface area contributed by atoms with Crippen molar-refractivity contribution < 1.29 is 14.3 Å². The number of aryl methyl sites for hydroxylation is 1. The van der Waals surface area contributed by atoms with Crippen molar-refractivity contribution in [1.29, 1.82) is 0 Å². The molecule has 2 aromatic rings. The van der Waals surface area contributed by atoms with Gasteiger partial charge >= 0.3 is 0 Å². The fourth-order valence-electron chi connectivity index (χ4n) is 4.16. The first-order chi connectivity index (χ1) is 14.2. The minimum absolute atomic E-state index is 0.183. The summed E-state index contributed by atoms with van der Waals surface area (Å²) < 4.78 is 11.1. The summed E-state index contributed by atoms with van der Waals surface area (Å²) in [5, 5.41) is 0. The minimum atomic E-state index is 0.183. The molecule has 0 saturated carbocycles. The fourth-order valence-corrected chi connectivity index (χ4v) is 4.16. The van der Waals surface area contributed by atoms with Crippen LogP contribution < -0.4 is 9.47 Å². The number of rotatable bonds is 6. The lowest BCUT2D eigenvalue weighted by molar-refractivity contribution is -0.131. The molecule has 1 fully saturated rings. The predicted molar refractivity (Wildman–Crippen MR) is 113 cm³/mol. The topological polar surface area (TPSA) is 42.0 Å². The molecule has 1 amide bonds. The monoisotopic (exact) mass is 394 g/mol. The van der Waals surface area contributed by atoms with Crippen LogP contribution in [0.5, 0.6) is 11.5 Å². The van der Waals surface area contributed by atoms with E-state index in [1.807, 2.05) is 29.2 Å². The van der Waals surface area contributed by atoms with Gasteiger partial charge in [0.25, 0.3) is 0 Å². The zero-order valence-electron chi connectivity index (χ0n) is 17.2. The SMILES string of the molecule is COc1ccc(CCC(=O)N2CCOc3ccc(CN4CCCC4)cc3C2)cc1. The highest BCUT2D eigenvalue weighted by atomic mass is 16.5. The third-order valence-corrected chi connectivity index (χ3v) is 5.85. The largest absolute Gasteiger partial charge is 0.497 e. The van der Waals surface area contributed by atoms with Crippen LogP contribution in [0.1, 0.15) is 36.0 Å². The van der Waals surface area contributed by atoms with Gasteiger partial charge in [-0.2, -0.15) is 0 Å². The summed E-state index contributed by atoms with van der Waals surface area (Å²) in [7, 11) is 1.66. The van der Waals surface area contributed by atoms with Crippen molar-refractivity contribution in [2.24, 2.45) is 0 Å². The van der Waals surface area contributed by atoms with Gasteiger partial charge in [0.05, 0.1) is 13.7 Å². The minimum Gasteiger partial charge on any atom is -0.497 e. The number of methoxy groups -OCH3 is 1. The number of nitrogens with zero attached hydrogens (tertiary/aromatic N) is 2. The van der Waals surface area contributed by atoms with Crippen molar-refractivity contribution >= 4 is 5.91 Å². The molecule has 2 aliphatic rings. The summed E-state index contributed by atoms with van der Waals surface area (Å²) in [5.41, 5.74) is 3.58. The van der Waals surface area contributed by atoms with Gasteiger partial charge in [-0.05, 0) is 67.7 Å². The second-order valence-electron chi connectivity index (χ2n) is 7.94. The number of hydrogen-bond donors (Lipinski definition) is 0. The second-order valence-corrected chi connectivity index (χ2v) is 7.94. The highest BCUT2D eigenvalue weighted by Gasteiger charge is 2.21. The van der Waals surface area contributed by atoms with Crippen LogP contribution in [0.25, 0.3) is 0 Å². The number of benzene rings is 2. The average molecular weight is 395 g/mol. The van der Waals surface area contributed by atoms with E-state index in [1.54, 1.807) is 7.11 Å². The Hall–Kier alpha value is -2.53. The molecule has 0 radical (unpaired) electrons. The molecule has 154 valence electrons. The highest BCUT2D eigenvalue weighted by molar-refractivity contribution is 5.76. The van der Waals surface area contributed by atoms with Gasteiger partial charge in [-0.3, -0.25) is 9.69 Å². The van der Waals surface area contributed by atoms with Gasteiger partial charge in [0.2, 0.25) is 5.91 Å². The average Bonchev–Trinajstić information content (AvgIpc) is 3.16. The van der Waals surface area contributed by atoms with Gasteiger partial charge < -0.3 is 14.4 Å². The lowest BCUT2D eigenvalue weighted by atomic mass is 10.1. The summed E-state index contributed by atoms with van der Waals surface area (Å²) in [6.07, 6.45) is 3.84. The Morgan fingerprint density at radius 1 is 1.03 bits per heavy atom. The van der Waals surface area contributed by atoms with E-state index >= 15 is 0 Å². The lowest BCUT2D eigenvalue weighted by Gasteiger charge is -2.20. The summed E-state index contributed by atoms with van der Waals surface area (Å²) >= 11 is 0. The van der Waals surface area contributed by atoms with Crippen LogP contribution in [-0.4, -0.2) is 49.1 Å². The molecule has 5 nitrogen and oxygen atoms in total. The first kappa shape index (κ1) is 19.8. The predicted octanol–water partition coefficient (Wildman–Crippen LogP) is 3.64. The highest BCUT2D eigenvalue weighted by Crippen LogP contribution is 2.26. The van der Waals surface area contributed by atoms with Gasteiger partial charge in [0, 0.05) is 25.1 Å². The zero-order valence-corrected chi connectivity index (χ0v) is 17.2. The Balaban J connectivity index is 1.38. The molecule has 4 rings (SSSR count). The molecule has 0 N–H and O–H groups in total. The van der Waals surface area contributed by atoms with Gasteiger partial charge in [0.1, 0.15) is 18.1 Å². The van der Waals surface area contributed by atoms with Crippen molar-refractivity contribution in [1.82, 2.24) is 9.80 Å². The smallest absolute Gasteiger partial charge is 0.223 e. The number of carbonyl (C=O) groups is 1. The van der Waals surface area contributed by atoms with Crippen LogP contribution in [0.3, 0.4) is 0 Å². The Bertz CT molecular complexity index is 829. The van der Waals surface area contributed by atoms with Gasteiger partial charge in [-0.15, -0.1) is 0 Å². The van der Waals surface area contributed by atoms with Crippen molar-refractivity contribution in [3.05, 3.63) is 59.2 Å². The van der Waals surface area contributed by atoms with E-state index in [2.05, 4.69) is 23.1 Å². The first-order valence-electron chi connectivity index (χ1n) is 10.6. The molecule has 1 saturated heterocycles. The van der Waals surface area contributed by atoms with E-state index in [9.17, 15) is 4.79 Å². The number of ether oxygens (including phenoxy) is 2. The van der Waals surface area contributed by atoms with Crippen molar-refractivity contribution in [3.63, 3.8) is 0 Å². The molecular weight excluding hydrogens is 364 g/mol. The molecule has 2 aromatic carbocycles. The number of likely N-dealkylation sites (tertiary alicyclic amines) is 1. The molecule has 5 heteroatoms. The Labute approximate surface area is 173 Å². The normalized spacial score (nSPS) is 16.8. The maximum Gasteiger partial charge on any atom is 0.223 e. The first-order valence-corrected chi connectivity index (χ1v) is 10.6. The molecule has 0 unspecified atom stereocenters. The van der Waals surface area contributed by atoms with E-state index in [4.69, 9.17) is 9.47 Å². The zero-order chi connectivity index (χ0) is 20.1. The summed E-state index contributed by atoms with van der Waals surface area (Å²) in [6.45, 7) is 5.17. The van der Waals surface area contributed by atoms with Gasteiger partial charge in [-0.1, -0.05) is 18.2 Å². The van der Waals surface area contributed by atoms with Crippen LogP contribution in [0.2, 0.25) is 0 Å². The standard InChI is InChI=1S/C24H30N2O3/c1-28-22-8-4-19(5-9-22)7-11-24(27)26-14-15-29-23-10-6-20(16-21(23)18-26)17-25-12-2-3-13-25/h4-6,8-10,16H,2-3,7,11-15,17-18H2,1H3. The summed E-state index contributed by atoms with van der Waals surface area (Å²) in [4.78, 5) is 17.3. The summed E-state index contributed by atoms with van der Waals surface area (Å²) in [5.74, 6) is 1.94. The third-order valence-electron chi connectivity index (χ3n) is 5.85. The maximum atomic E-state index is 12.9. The van der Waals surface area contributed by atoms with E-state index in [0.717, 1.165) is 35.6 Å². The molecule has 29 heavy (non-hydrogen) atoms. The van der Waals surface area contributed by atoms with E-state index in [1.165, 1.54) is 31.5 Å².